The van der Waals surface area contributed by atoms with Crippen LogP contribution in [0.5, 0.6) is 5.75 Å². The molecule has 0 heterocycles. The normalized spacial score (nSPS) is 9.92. The molecule has 0 aliphatic heterocycles. The van der Waals surface area contributed by atoms with Gasteiger partial charge in [-0.3, -0.25) is 14.4 Å². The number of hydrogen-bond acceptors (Lipinski definition) is 5. The molecule has 2 aromatic carbocycles. The van der Waals surface area contributed by atoms with Gasteiger partial charge < -0.3 is 20.1 Å². The van der Waals surface area contributed by atoms with Crippen molar-refractivity contribution in [3.63, 3.8) is 0 Å². The Bertz CT molecular complexity index is 810. The number of esters is 1. The standard InChI is InChI=1S/C18H17FN2O5/c1-25-15-7-2-4-12(8-15)18(24)20-10-17(23)26-11-16(22)21-14-6-3-5-13(19)9-14/h2-9H,10-11H2,1H3,(H,20,24)(H,21,22). The molecule has 2 rings (SSSR count). The fraction of sp³-hybridized carbons (Fsp3) is 0.167. The van der Waals surface area contributed by atoms with Crippen molar-refractivity contribution in [1.82, 2.24) is 5.32 Å². The average Bonchev–Trinajstić information content (AvgIpc) is 2.64. The number of carbonyl (C=O) groups excluding carboxylic acids is 3. The molecule has 0 saturated carbocycles. The maximum Gasteiger partial charge on any atom is 0.325 e. The third kappa shape index (κ3) is 5.90. The van der Waals surface area contributed by atoms with E-state index in [9.17, 15) is 18.8 Å². The fourth-order valence-electron chi connectivity index (χ4n) is 1.98. The first kappa shape index (κ1) is 18.9. The van der Waals surface area contributed by atoms with Crippen LogP contribution in [0.15, 0.2) is 48.5 Å². The lowest BCUT2D eigenvalue weighted by Crippen LogP contribution is -2.32. The molecule has 2 N–H and O–H groups in total. The van der Waals surface area contributed by atoms with Gasteiger partial charge in [0.1, 0.15) is 18.1 Å². The highest BCUT2D eigenvalue weighted by molar-refractivity contribution is 5.96. The molecule has 136 valence electrons. The summed E-state index contributed by atoms with van der Waals surface area (Å²) >= 11 is 0. The molecule has 0 aromatic heterocycles. The summed E-state index contributed by atoms with van der Waals surface area (Å²) in [6.45, 7) is -0.951. The van der Waals surface area contributed by atoms with Crippen LogP contribution in [0.1, 0.15) is 10.4 Å². The summed E-state index contributed by atoms with van der Waals surface area (Å²) in [6.07, 6.45) is 0. The van der Waals surface area contributed by atoms with E-state index in [1.807, 2.05) is 0 Å². The molecular weight excluding hydrogens is 343 g/mol. The topological polar surface area (TPSA) is 93.7 Å². The first-order chi connectivity index (χ1) is 12.5. The Kier molecular flexibility index (Phi) is 6.67. The third-order valence-electron chi connectivity index (χ3n) is 3.20. The van der Waals surface area contributed by atoms with Crippen LogP contribution in [0.3, 0.4) is 0 Å². The summed E-state index contributed by atoms with van der Waals surface area (Å²) in [7, 11) is 1.48. The highest BCUT2D eigenvalue weighted by atomic mass is 19.1. The van der Waals surface area contributed by atoms with Crippen molar-refractivity contribution in [3.8, 4) is 5.75 Å². The van der Waals surface area contributed by atoms with E-state index >= 15 is 0 Å². The van der Waals surface area contributed by atoms with Gasteiger partial charge in [0.25, 0.3) is 11.8 Å². The van der Waals surface area contributed by atoms with E-state index in [0.717, 1.165) is 6.07 Å². The van der Waals surface area contributed by atoms with Crippen molar-refractivity contribution in [2.24, 2.45) is 0 Å². The zero-order chi connectivity index (χ0) is 18.9. The van der Waals surface area contributed by atoms with Gasteiger partial charge >= 0.3 is 5.97 Å². The summed E-state index contributed by atoms with van der Waals surface area (Å²) in [5, 5.41) is 4.76. The van der Waals surface area contributed by atoms with Crippen LogP contribution in [0.2, 0.25) is 0 Å². The van der Waals surface area contributed by atoms with Crippen molar-refractivity contribution in [2.45, 2.75) is 0 Å². The van der Waals surface area contributed by atoms with Crippen LogP contribution in [0, 0.1) is 5.82 Å². The van der Waals surface area contributed by atoms with Gasteiger partial charge in [0, 0.05) is 11.3 Å². The lowest BCUT2D eigenvalue weighted by atomic mass is 10.2. The highest BCUT2D eigenvalue weighted by Crippen LogP contribution is 2.12. The molecule has 8 heteroatoms. The first-order valence-electron chi connectivity index (χ1n) is 7.61. The van der Waals surface area contributed by atoms with Gasteiger partial charge in [-0.2, -0.15) is 0 Å². The van der Waals surface area contributed by atoms with Crippen LogP contribution in [-0.2, 0) is 14.3 Å². The molecule has 7 nitrogen and oxygen atoms in total. The zero-order valence-electron chi connectivity index (χ0n) is 14.0. The van der Waals surface area contributed by atoms with E-state index in [4.69, 9.17) is 9.47 Å². The summed E-state index contributed by atoms with van der Waals surface area (Å²) in [6, 6.07) is 11.7. The molecule has 0 spiro atoms. The van der Waals surface area contributed by atoms with E-state index in [1.54, 1.807) is 18.2 Å². The Hall–Kier alpha value is -3.42. The van der Waals surface area contributed by atoms with Crippen molar-refractivity contribution in [3.05, 3.63) is 59.9 Å². The highest BCUT2D eigenvalue weighted by Gasteiger charge is 2.11. The van der Waals surface area contributed by atoms with Gasteiger partial charge in [-0.05, 0) is 36.4 Å². The van der Waals surface area contributed by atoms with Crippen molar-refractivity contribution >= 4 is 23.5 Å². The van der Waals surface area contributed by atoms with E-state index in [0.29, 0.717) is 11.3 Å². The van der Waals surface area contributed by atoms with Crippen LogP contribution >= 0.6 is 0 Å². The maximum atomic E-state index is 13.0. The third-order valence-corrected chi connectivity index (χ3v) is 3.20. The molecular formula is C18H17FN2O5. The Morgan fingerprint density at radius 3 is 2.58 bits per heavy atom. The molecule has 0 radical (unpaired) electrons. The maximum absolute atomic E-state index is 13.0. The Morgan fingerprint density at radius 1 is 1.08 bits per heavy atom. The number of hydrogen-bond donors (Lipinski definition) is 2. The van der Waals surface area contributed by atoms with Gasteiger partial charge in [-0.15, -0.1) is 0 Å². The molecule has 0 fully saturated rings. The van der Waals surface area contributed by atoms with Crippen LogP contribution < -0.4 is 15.4 Å². The second-order valence-corrected chi connectivity index (χ2v) is 5.13. The second kappa shape index (κ2) is 9.16. The summed E-state index contributed by atoms with van der Waals surface area (Å²) < 4.78 is 22.8. The number of rotatable bonds is 7. The lowest BCUT2D eigenvalue weighted by Gasteiger charge is -2.08. The Balaban J connectivity index is 1.74. The molecule has 0 aliphatic rings. The van der Waals surface area contributed by atoms with Crippen LogP contribution in [0.25, 0.3) is 0 Å². The number of ether oxygens (including phenoxy) is 2. The molecule has 2 aromatic rings. The number of halogens is 1. The number of methoxy groups -OCH3 is 1. The monoisotopic (exact) mass is 360 g/mol. The van der Waals surface area contributed by atoms with Crippen LogP contribution in [-0.4, -0.2) is 38.0 Å². The molecule has 26 heavy (non-hydrogen) atoms. The quantitative estimate of drug-likeness (QED) is 0.734. The zero-order valence-corrected chi connectivity index (χ0v) is 14.0. The van der Waals surface area contributed by atoms with Crippen molar-refractivity contribution in [1.29, 1.82) is 0 Å². The molecule has 0 bridgehead atoms. The number of anilines is 1. The van der Waals surface area contributed by atoms with Gasteiger partial charge in [0.15, 0.2) is 6.61 Å². The number of benzene rings is 2. The Morgan fingerprint density at radius 2 is 1.85 bits per heavy atom. The summed E-state index contributed by atoms with van der Waals surface area (Å²) in [4.78, 5) is 35.2. The van der Waals surface area contributed by atoms with E-state index in [2.05, 4.69) is 10.6 Å². The van der Waals surface area contributed by atoms with Crippen molar-refractivity contribution in [2.75, 3.05) is 25.6 Å². The molecule has 2 amide bonds. The van der Waals surface area contributed by atoms with Crippen LogP contribution in [0.4, 0.5) is 10.1 Å². The Labute approximate surface area is 149 Å². The fourth-order valence-corrected chi connectivity index (χ4v) is 1.98. The minimum atomic E-state index is -0.782. The summed E-state index contributed by atoms with van der Waals surface area (Å²) in [5.74, 6) is -1.88. The number of carbonyl (C=O) groups is 3. The minimum absolute atomic E-state index is 0.248. The second-order valence-electron chi connectivity index (χ2n) is 5.13. The molecule has 0 saturated heterocycles. The van der Waals surface area contributed by atoms with Crippen molar-refractivity contribution < 1.29 is 28.2 Å². The largest absolute Gasteiger partial charge is 0.497 e. The predicted molar refractivity (Wildman–Crippen MR) is 91.3 cm³/mol. The molecule has 0 unspecified atom stereocenters. The SMILES string of the molecule is COc1cccc(C(=O)NCC(=O)OCC(=O)Nc2cccc(F)c2)c1. The number of amides is 2. The van der Waals surface area contributed by atoms with Gasteiger partial charge in [-0.25, -0.2) is 4.39 Å². The summed E-state index contributed by atoms with van der Waals surface area (Å²) in [5.41, 5.74) is 0.568. The van der Waals surface area contributed by atoms with E-state index in [-0.39, 0.29) is 5.69 Å². The van der Waals surface area contributed by atoms with E-state index in [1.165, 1.54) is 31.4 Å². The number of nitrogens with one attached hydrogen (secondary N) is 2. The van der Waals surface area contributed by atoms with Gasteiger partial charge in [0.05, 0.1) is 7.11 Å². The first-order valence-corrected chi connectivity index (χ1v) is 7.61. The smallest absolute Gasteiger partial charge is 0.325 e. The van der Waals surface area contributed by atoms with Gasteiger partial charge in [0.2, 0.25) is 0 Å². The molecule has 0 aliphatic carbocycles. The lowest BCUT2D eigenvalue weighted by molar-refractivity contribution is -0.146. The average molecular weight is 360 g/mol. The molecule has 0 atom stereocenters. The van der Waals surface area contributed by atoms with E-state index < -0.39 is 36.8 Å². The minimum Gasteiger partial charge on any atom is -0.497 e. The van der Waals surface area contributed by atoms with Gasteiger partial charge in [-0.1, -0.05) is 12.1 Å². The predicted octanol–water partition coefficient (Wildman–Crippen LogP) is 1.75.